The highest BCUT2D eigenvalue weighted by Crippen LogP contribution is 2.65. The molecule has 0 amide bonds. The van der Waals surface area contributed by atoms with Gasteiger partial charge in [0, 0.05) is 17.9 Å². The number of carbonyl (C=O) groups excluding carboxylic acids is 1. The minimum absolute atomic E-state index is 0.158. The van der Waals surface area contributed by atoms with Crippen LogP contribution < -0.4 is 4.74 Å². The van der Waals surface area contributed by atoms with Gasteiger partial charge < -0.3 is 9.84 Å². The topological polar surface area (TPSA) is 46.5 Å². The molecule has 1 aromatic rings. The predicted molar refractivity (Wildman–Crippen MR) is 121 cm³/mol. The molecular weight excluding hydrogens is 384 g/mol. The van der Waals surface area contributed by atoms with Crippen LogP contribution in [0.2, 0.25) is 0 Å². The fourth-order valence-corrected chi connectivity index (χ4v) is 9.03. The summed E-state index contributed by atoms with van der Waals surface area (Å²) in [5, 5.41) is 10.6. The first-order valence-corrected chi connectivity index (χ1v) is 12.9. The maximum Gasteiger partial charge on any atom is 0.166 e. The molecule has 1 N–H and O–H groups in total. The van der Waals surface area contributed by atoms with Crippen molar-refractivity contribution in [2.45, 2.75) is 83.7 Å². The molecule has 6 rings (SSSR count). The molecule has 0 spiro atoms. The van der Waals surface area contributed by atoms with E-state index in [1.54, 1.807) is 0 Å². The quantitative estimate of drug-likeness (QED) is 0.611. The summed E-state index contributed by atoms with van der Waals surface area (Å²) in [5.41, 5.74) is 1.83. The van der Waals surface area contributed by atoms with E-state index < -0.39 is 5.60 Å². The average molecular weight is 423 g/mol. The van der Waals surface area contributed by atoms with E-state index in [-0.39, 0.29) is 11.3 Å². The van der Waals surface area contributed by atoms with Crippen molar-refractivity contribution in [1.29, 1.82) is 0 Å². The maximum absolute atomic E-state index is 13.7. The van der Waals surface area contributed by atoms with Crippen molar-refractivity contribution < 1.29 is 14.6 Å². The van der Waals surface area contributed by atoms with Crippen molar-refractivity contribution in [2.24, 2.45) is 40.9 Å². The third kappa shape index (κ3) is 3.13. The number of rotatable bonds is 2. The number of fused-ring (bicyclic) bond motifs is 6. The first kappa shape index (κ1) is 20.3. The van der Waals surface area contributed by atoms with Crippen LogP contribution in [-0.4, -0.2) is 23.1 Å². The molecule has 0 radical (unpaired) electrons. The van der Waals surface area contributed by atoms with E-state index in [9.17, 15) is 9.90 Å². The van der Waals surface area contributed by atoms with Gasteiger partial charge >= 0.3 is 0 Å². The second kappa shape index (κ2) is 7.07. The Balaban J connectivity index is 1.23. The van der Waals surface area contributed by atoms with E-state index in [0.29, 0.717) is 11.7 Å². The molecule has 5 aliphatic rings. The lowest BCUT2D eigenvalue weighted by Gasteiger charge is -2.56. The lowest BCUT2D eigenvalue weighted by molar-refractivity contribution is -0.0976. The molecule has 3 nitrogen and oxygen atoms in total. The van der Waals surface area contributed by atoms with Gasteiger partial charge in [0.25, 0.3) is 0 Å². The highest BCUT2D eigenvalue weighted by atomic mass is 16.5. The molecular formula is C28H38O3. The van der Waals surface area contributed by atoms with Gasteiger partial charge in [0.15, 0.2) is 5.78 Å². The number of ether oxygens (including phenoxy) is 1. The number of ketones is 1. The highest BCUT2D eigenvalue weighted by Gasteiger charge is 2.58. The third-order valence-electron chi connectivity index (χ3n) is 10.5. The summed E-state index contributed by atoms with van der Waals surface area (Å²) < 4.78 is 5.75. The van der Waals surface area contributed by atoms with E-state index in [4.69, 9.17) is 4.74 Å². The Hall–Kier alpha value is -1.35. The van der Waals surface area contributed by atoms with E-state index >= 15 is 0 Å². The van der Waals surface area contributed by atoms with Gasteiger partial charge in [-0.05, 0) is 111 Å². The Morgan fingerprint density at radius 2 is 1.84 bits per heavy atom. The minimum Gasteiger partial charge on any atom is -0.493 e. The third-order valence-corrected chi connectivity index (χ3v) is 10.5. The van der Waals surface area contributed by atoms with E-state index in [2.05, 4.69) is 19.1 Å². The molecule has 4 fully saturated rings. The van der Waals surface area contributed by atoms with Crippen LogP contribution in [0.3, 0.4) is 0 Å². The number of Topliss-reactive ketones (excluding diaryl/α,β-unsaturated/α-hetero) is 1. The first-order chi connectivity index (χ1) is 14.9. The van der Waals surface area contributed by atoms with Gasteiger partial charge in [-0.15, -0.1) is 0 Å². The zero-order valence-electron chi connectivity index (χ0n) is 19.2. The van der Waals surface area contributed by atoms with Gasteiger partial charge in [-0.3, -0.25) is 4.79 Å². The summed E-state index contributed by atoms with van der Waals surface area (Å²) in [6, 6.07) is 6.18. The second-order valence-corrected chi connectivity index (χ2v) is 12.1. The Kier molecular flexibility index (Phi) is 4.62. The smallest absolute Gasteiger partial charge is 0.166 e. The van der Waals surface area contributed by atoms with E-state index in [0.717, 1.165) is 67.3 Å². The number of hydrogen-bond donors (Lipinski definition) is 1. The Morgan fingerprint density at radius 3 is 2.71 bits per heavy atom. The normalized spacial score (nSPS) is 45.8. The Morgan fingerprint density at radius 1 is 1.00 bits per heavy atom. The molecule has 0 bridgehead atoms. The van der Waals surface area contributed by atoms with Gasteiger partial charge in [-0.2, -0.15) is 0 Å². The van der Waals surface area contributed by atoms with Crippen molar-refractivity contribution in [2.75, 3.05) is 6.61 Å². The number of carbonyl (C=O) groups is 1. The average Bonchev–Trinajstić information content (AvgIpc) is 3.35. The van der Waals surface area contributed by atoms with E-state index in [1.807, 2.05) is 13.0 Å². The molecule has 4 aliphatic carbocycles. The van der Waals surface area contributed by atoms with Crippen molar-refractivity contribution >= 4 is 5.78 Å². The molecule has 1 heterocycles. The molecule has 1 aliphatic heterocycles. The zero-order chi connectivity index (χ0) is 21.4. The van der Waals surface area contributed by atoms with Crippen LogP contribution in [0, 0.1) is 40.9 Å². The SMILES string of the molecule is C[C@@]1(O)CC[C@H]2[C@H](CC[C@@H]3[C@@H]2CC[C@]2(C)[C@@H](C(=O)c4ccc5c(c4)OCC5)CC[C@@H]32)C1. The van der Waals surface area contributed by atoms with Gasteiger partial charge in [0.05, 0.1) is 12.2 Å². The fourth-order valence-electron chi connectivity index (χ4n) is 9.03. The molecule has 3 heteroatoms. The van der Waals surface area contributed by atoms with Crippen molar-refractivity contribution in [3.63, 3.8) is 0 Å². The highest BCUT2D eigenvalue weighted by molar-refractivity contribution is 5.99. The second-order valence-electron chi connectivity index (χ2n) is 12.1. The molecule has 168 valence electrons. The molecule has 1 aromatic carbocycles. The summed E-state index contributed by atoms with van der Waals surface area (Å²) in [5.74, 6) is 5.33. The number of hydrogen-bond acceptors (Lipinski definition) is 3. The summed E-state index contributed by atoms with van der Waals surface area (Å²) in [6.45, 7) is 5.24. The zero-order valence-corrected chi connectivity index (χ0v) is 19.2. The van der Waals surface area contributed by atoms with Crippen molar-refractivity contribution in [1.82, 2.24) is 0 Å². The van der Waals surface area contributed by atoms with Crippen LogP contribution in [0.15, 0.2) is 18.2 Å². The van der Waals surface area contributed by atoms with Gasteiger partial charge in [-0.25, -0.2) is 0 Å². The summed E-state index contributed by atoms with van der Waals surface area (Å²) in [7, 11) is 0. The number of benzene rings is 1. The van der Waals surface area contributed by atoms with Crippen molar-refractivity contribution in [3.05, 3.63) is 29.3 Å². The van der Waals surface area contributed by atoms with Gasteiger partial charge in [0.1, 0.15) is 5.75 Å². The molecule has 0 unspecified atom stereocenters. The fraction of sp³-hybridized carbons (Fsp3) is 0.750. The van der Waals surface area contributed by atoms with Gasteiger partial charge in [-0.1, -0.05) is 19.1 Å². The molecule has 8 atom stereocenters. The van der Waals surface area contributed by atoms with Crippen LogP contribution in [-0.2, 0) is 6.42 Å². The van der Waals surface area contributed by atoms with Crippen molar-refractivity contribution in [3.8, 4) is 5.75 Å². The lowest BCUT2D eigenvalue weighted by atomic mass is 9.49. The summed E-state index contributed by atoms with van der Waals surface area (Å²) in [6.07, 6.45) is 11.5. The first-order valence-electron chi connectivity index (χ1n) is 12.9. The minimum atomic E-state index is -0.443. The van der Waals surface area contributed by atoms with Crippen LogP contribution >= 0.6 is 0 Å². The standard InChI is InChI=1S/C28H38O3/c1-27(30)12-9-20-19(16-27)5-6-22-21(20)10-13-28(2)23(22)7-8-24(28)26(29)18-4-3-17-11-14-31-25(17)15-18/h3-4,15,19-24,30H,5-14,16H2,1-2H3/t19-,20+,21-,22-,23+,24-,27-,28+/m1/s1. The Bertz CT molecular complexity index is 888. The van der Waals surface area contributed by atoms with E-state index in [1.165, 1.54) is 44.1 Å². The van der Waals surface area contributed by atoms with Crippen LogP contribution in [0.25, 0.3) is 0 Å². The summed E-state index contributed by atoms with van der Waals surface area (Å²) in [4.78, 5) is 13.7. The van der Waals surface area contributed by atoms with Crippen LogP contribution in [0.4, 0.5) is 0 Å². The van der Waals surface area contributed by atoms with Crippen LogP contribution in [0.5, 0.6) is 5.75 Å². The van der Waals surface area contributed by atoms with Gasteiger partial charge in [0.2, 0.25) is 0 Å². The maximum atomic E-state index is 13.7. The Labute approximate surface area is 187 Å². The molecule has 4 saturated carbocycles. The molecule has 0 aromatic heterocycles. The molecule has 31 heavy (non-hydrogen) atoms. The predicted octanol–water partition coefficient (Wildman–Crippen LogP) is 5.82. The lowest BCUT2D eigenvalue weighted by Crippen LogP contribution is -2.51. The number of aliphatic hydroxyl groups is 1. The van der Waals surface area contributed by atoms with Crippen LogP contribution in [0.1, 0.15) is 87.6 Å². The monoisotopic (exact) mass is 422 g/mol. The largest absolute Gasteiger partial charge is 0.493 e. The summed E-state index contributed by atoms with van der Waals surface area (Å²) >= 11 is 0. The molecule has 0 saturated heterocycles.